The van der Waals surface area contributed by atoms with Gasteiger partial charge in [0.15, 0.2) is 0 Å². The number of hydrogen-bond acceptors (Lipinski definition) is 6. The van der Waals surface area contributed by atoms with Crippen molar-refractivity contribution in [1.82, 2.24) is 15.5 Å². The van der Waals surface area contributed by atoms with Crippen LogP contribution >= 0.6 is 0 Å². The van der Waals surface area contributed by atoms with Gasteiger partial charge >= 0.3 is 12.1 Å². The van der Waals surface area contributed by atoms with E-state index in [1.54, 1.807) is 0 Å². The normalized spacial score (nSPS) is 13.1. The fraction of sp³-hybridized carbons (Fsp3) is 0.429. The van der Waals surface area contributed by atoms with Crippen LogP contribution in [0.15, 0.2) is 60.7 Å². The van der Waals surface area contributed by atoms with Crippen LogP contribution in [0.2, 0.25) is 0 Å². The number of nitrogens with one attached hydrogen (secondary N) is 2. The number of methoxy groups -OCH3 is 1. The van der Waals surface area contributed by atoms with Crippen molar-refractivity contribution in [1.29, 1.82) is 0 Å². The van der Waals surface area contributed by atoms with E-state index in [-0.39, 0.29) is 18.9 Å². The monoisotopic (exact) mass is 511 g/mol. The highest BCUT2D eigenvalue weighted by Gasteiger charge is 2.34. The lowest BCUT2D eigenvalue weighted by molar-refractivity contribution is -0.153. The van der Waals surface area contributed by atoms with Crippen LogP contribution in [-0.2, 0) is 36.9 Å². The second-order valence-corrected chi connectivity index (χ2v) is 9.30. The summed E-state index contributed by atoms with van der Waals surface area (Å²) < 4.78 is 10.1. The van der Waals surface area contributed by atoms with Crippen LogP contribution in [-0.4, -0.2) is 61.1 Å². The number of esters is 1. The van der Waals surface area contributed by atoms with Crippen molar-refractivity contribution >= 4 is 23.9 Å². The molecular weight excluding hydrogens is 474 g/mol. The number of ether oxygens (including phenoxy) is 2. The fourth-order valence-electron chi connectivity index (χ4n) is 3.75. The van der Waals surface area contributed by atoms with Gasteiger partial charge in [-0.25, -0.2) is 9.59 Å². The van der Waals surface area contributed by atoms with Crippen LogP contribution in [0.3, 0.4) is 0 Å². The molecule has 0 aromatic heterocycles. The molecule has 0 fully saturated rings. The third kappa shape index (κ3) is 9.59. The minimum absolute atomic E-state index is 0.0612. The third-order valence-corrected chi connectivity index (χ3v) is 5.82. The van der Waals surface area contributed by atoms with Crippen LogP contribution in [0.4, 0.5) is 4.79 Å². The quantitative estimate of drug-likeness (QED) is 0.424. The van der Waals surface area contributed by atoms with Crippen molar-refractivity contribution in [3.63, 3.8) is 0 Å². The van der Waals surface area contributed by atoms with Crippen molar-refractivity contribution in [3.8, 4) is 0 Å². The van der Waals surface area contributed by atoms with E-state index >= 15 is 0 Å². The van der Waals surface area contributed by atoms with Gasteiger partial charge in [0, 0.05) is 13.5 Å². The van der Waals surface area contributed by atoms with Gasteiger partial charge in [-0.2, -0.15) is 0 Å². The van der Waals surface area contributed by atoms with Gasteiger partial charge in [0.25, 0.3) is 0 Å². The van der Waals surface area contributed by atoms with Gasteiger partial charge in [0.2, 0.25) is 11.8 Å². The van der Waals surface area contributed by atoms with E-state index in [0.717, 1.165) is 11.1 Å². The number of amides is 3. The van der Waals surface area contributed by atoms with Crippen LogP contribution in [0.25, 0.3) is 0 Å². The molecule has 0 radical (unpaired) electrons. The summed E-state index contributed by atoms with van der Waals surface area (Å²) in [6.07, 6.45) is -0.139. The second kappa shape index (κ2) is 14.6. The van der Waals surface area contributed by atoms with Gasteiger partial charge in [0.1, 0.15) is 24.7 Å². The maximum absolute atomic E-state index is 13.5. The molecule has 9 nitrogen and oxygen atoms in total. The van der Waals surface area contributed by atoms with Crippen molar-refractivity contribution in [2.24, 2.45) is 5.92 Å². The van der Waals surface area contributed by atoms with E-state index in [1.165, 1.54) is 26.0 Å². The smallest absolute Gasteiger partial charge is 0.408 e. The lowest BCUT2D eigenvalue weighted by atomic mass is 10.00. The zero-order valence-electron chi connectivity index (χ0n) is 22.1. The summed E-state index contributed by atoms with van der Waals surface area (Å²) >= 11 is 0. The van der Waals surface area contributed by atoms with E-state index in [9.17, 15) is 19.2 Å². The number of hydrogen-bond donors (Lipinski definition) is 2. The zero-order chi connectivity index (χ0) is 27.4. The lowest BCUT2D eigenvalue weighted by Gasteiger charge is -2.31. The van der Waals surface area contributed by atoms with Crippen LogP contribution in [0.5, 0.6) is 0 Å². The molecule has 0 aliphatic carbocycles. The molecule has 0 aliphatic rings. The van der Waals surface area contributed by atoms with Crippen molar-refractivity contribution in [2.75, 3.05) is 14.2 Å². The zero-order valence-corrected chi connectivity index (χ0v) is 22.1. The number of carbonyl (C=O) groups excluding carboxylic acids is 4. The largest absolute Gasteiger partial charge is 0.467 e. The Morgan fingerprint density at radius 3 is 1.97 bits per heavy atom. The van der Waals surface area contributed by atoms with E-state index in [0.29, 0.717) is 6.42 Å². The predicted octanol–water partition coefficient (Wildman–Crippen LogP) is 3.07. The molecule has 3 amide bonds. The SMILES string of the molecule is COC(=O)[C@H](CC(C)C)N(C)C(=O)[C@H](Cc1ccccc1)NC(=O)[C@H](C)NC(=O)OCc1ccccc1. The Balaban J connectivity index is 2.11. The van der Waals surface area contributed by atoms with E-state index < -0.39 is 42.0 Å². The number of likely N-dealkylation sites (N-methyl/N-ethyl adjacent to an activating group) is 1. The molecule has 3 atom stereocenters. The number of rotatable bonds is 12. The van der Waals surface area contributed by atoms with Crippen LogP contribution in [0.1, 0.15) is 38.3 Å². The number of nitrogens with zero attached hydrogens (tertiary/aromatic N) is 1. The fourth-order valence-corrected chi connectivity index (χ4v) is 3.75. The minimum atomic E-state index is -0.969. The molecule has 0 spiro atoms. The van der Waals surface area contributed by atoms with Gasteiger partial charge in [-0.3, -0.25) is 9.59 Å². The maximum atomic E-state index is 13.5. The Morgan fingerprint density at radius 1 is 0.865 bits per heavy atom. The summed E-state index contributed by atoms with van der Waals surface area (Å²) in [6, 6.07) is 15.7. The van der Waals surface area contributed by atoms with Crippen LogP contribution < -0.4 is 10.6 Å². The Labute approximate surface area is 218 Å². The highest BCUT2D eigenvalue weighted by atomic mass is 16.5. The average molecular weight is 512 g/mol. The standard InChI is InChI=1S/C28H37N3O6/c1-19(2)16-24(27(34)36-5)31(4)26(33)23(17-21-12-8-6-9-13-21)30-25(32)20(3)29-28(35)37-18-22-14-10-7-11-15-22/h6-15,19-20,23-24H,16-18H2,1-5H3,(H,29,35)(H,30,32)/t20-,23-,24-/m0/s1. The maximum Gasteiger partial charge on any atom is 0.408 e. The minimum Gasteiger partial charge on any atom is -0.467 e. The van der Waals surface area contributed by atoms with Crippen molar-refractivity contribution in [3.05, 3.63) is 71.8 Å². The summed E-state index contributed by atoms with van der Waals surface area (Å²) in [7, 11) is 2.81. The Hall–Kier alpha value is -3.88. The summed E-state index contributed by atoms with van der Waals surface area (Å²) in [4.78, 5) is 52.5. The van der Waals surface area contributed by atoms with Crippen molar-refractivity contribution in [2.45, 2.75) is 58.3 Å². The van der Waals surface area contributed by atoms with Gasteiger partial charge in [-0.1, -0.05) is 74.5 Å². The topological polar surface area (TPSA) is 114 Å². The highest BCUT2D eigenvalue weighted by molar-refractivity contribution is 5.93. The first-order valence-corrected chi connectivity index (χ1v) is 12.3. The molecule has 37 heavy (non-hydrogen) atoms. The third-order valence-electron chi connectivity index (χ3n) is 5.82. The van der Waals surface area contributed by atoms with Gasteiger partial charge in [0.05, 0.1) is 7.11 Å². The molecule has 9 heteroatoms. The molecule has 0 unspecified atom stereocenters. The van der Waals surface area contributed by atoms with Crippen molar-refractivity contribution < 1.29 is 28.7 Å². The Bertz CT molecular complexity index is 1030. The number of alkyl carbamates (subject to hydrolysis) is 1. The molecule has 2 aromatic carbocycles. The van der Waals surface area contributed by atoms with Gasteiger partial charge in [-0.15, -0.1) is 0 Å². The molecule has 2 N–H and O–H groups in total. The highest BCUT2D eigenvalue weighted by Crippen LogP contribution is 2.15. The lowest BCUT2D eigenvalue weighted by Crippen LogP contribution is -2.56. The average Bonchev–Trinajstić information content (AvgIpc) is 2.89. The molecule has 200 valence electrons. The van der Waals surface area contributed by atoms with Gasteiger partial charge < -0.3 is 25.0 Å². The first kappa shape index (κ1) is 29.4. The Kier molecular flexibility index (Phi) is 11.6. The second-order valence-electron chi connectivity index (χ2n) is 9.30. The first-order chi connectivity index (χ1) is 17.6. The molecule has 2 rings (SSSR count). The molecule has 0 bridgehead atoms. The summed E-state index contributed by atoms with van der Waals surface area (Å²) in [6.45, 7) is 5.46. The number of benzene rings is 2. The summed E-state index contributed by atoms with van der Waals surface area (Å²) in [5, 5.41) is 5.23. The molecule has 0 saturated heterocycles. The molecular formula is C28H37N3O6. The Morgan fingerprint density at radius 2 is 1.43 bits per heavy atom. The molecule has 0 heterocycles. The number of carbonyl (C=O) groups is 4. The molecule has 2 aromatic rings. The first-order valence-electron chi connectivity index (χ1n) is 12.3. The predicted molar refractivity (Wildman–Crippen MR) is 139 cm³/mol. The molecule has 0 aliphatic heterocycles. The van der Waals surface area contributed by atoms with E-state index in [2.05, 4.69) is 10.6 Å². The van der Waals surface area contributed by atoms with E-state index in [4.69, 9.17) is 9.47 Å². The van der Waals surface area contributed by atoms with E-state index in [1.807, 2.05) is 74.5 Å². The van der Waals surface area contributed by atoms with Gasteiger partial charge in [-0.05, 0) is 30.4 Å². The summed E-state index contributed by atoms with van der Waals surface area (Å²) in [5.74, 6) is -1.39. The summed E-state index contributed by atoms with van der Waals surface area (Å²) in [5.41, 5.74) is 1.64. The molecule has 0 saturated carbocycles. The van der Waals surface area contributed by atoms with Crippen LogP contribution in [0, 0.1) is 5.92 Å².